The van der Waals surface area contributed by atoms with E-state index in [1.54, 1.807) is 11.7 Å². The molecule has 0 N–H and O–H groups in total. The molecule has 1 unspecified atom stereocenters. The van der Waals surface area contributed by atoms with Gasteiger partial charge in [-0.2, -0.15) is 0 Å². The van der Waals surface area contributed by atoms with Crippen molar-refractivity contribution >= 4 is 5.91 Å². The molecule has 3 rings (SSSR count). The Morgan fingerprint density at radius 2 is 2.00 bits per heavy atom. The summed E-state index contributed by atoms with van der Waals surface area (Å²) < 4.78 is 13.0. The number of nitrogens with zero attached hydrogens (tertiary/aromatic N) is 6. The van der Waals surface area contributed by atoms with Gasteiger partial charge in [0.15, 0.2) is 5.82 Å². The quantitative estimate of drug-likeness (QED) is 0.721. The zero-order chi connectivity index (χ0) is 16.4. The number of aryl methyl sites for hydroxylation is 1. The van der Waals surface area contributed by atoms with Crippen LogP contribution >= 0.6 is 0 Å². The summed E-state index contributed by atoms with van der Waals surface area (Å²) in [6.07, 6.45) is -0.0196. The molecule has 2 saturated heterocycles. The Kier molecular flexibility index (Phi) is 4.88. The molecule has 0 radical (unpaired) electrons. The molecule has 0 aromatic carbocycles. The van der Waals surface area contributed by atoms with Crippen molar-refractivity contribution in [2.24, 2.45) is 7.05 Å². The molecular formula is C14H24N6O3. The zero-order valence-corrected chi connectivity index (χ0v) is 13.9. The zero-order valence-electron chi connectivity index (χ0n) is 13.9. The van der Waals surface area contributed by atoms with Crippen molar-refractivity contribution in [3.63, 3.8) is 0 Å². The van der Waals surface area contributed by atoms with Gasteiger partial charge in [-0.25, -0.2) is 4.68 Å². The fourth-order valence-corrected chi connectivity index (χ4v) is 3.18. The van der Waals surface area contributed by atoms with Gasteiger partial charge in [0.2, 0.25) is 5.91 Å². The maximum atomic E-state index is 12.6. The standard InChI is InChI=1S/C14H24N6O3/c1-10-6-20(7-11(2)23-10)13(21)9-19-4-5-22-12(8-19)14-15-16-17-18(14)3/h10-12H,4-9H2,1-3H3/t10-,11+,12?. The highest BCUT2D eigenvalue weighted by molar-refractivity contribution is 5.78. The number of carbonyl (C=O) groups is 1. The Hall–Kier alpha value is -1.58. The number of ether oxygens (including phenoxy) is 2. The number of hydrogen-bond donors (Lipinski definition) is 0. The van der Waals surface area contributed by atoms with Crippen molar-refractivity contribution < 1.29 is 14.3 Å². The average Bonchev–Trinajstić information content (AvgIpc) is 2.92. The van der Waals surface area contributed by atoms with Gasteiger partial charge in [-0.3, -0.25) is 9.69 Å². The minimum absolute atomic E-state index is 0.0878. The Labute approximate surface area is 135 Å². The molecule has 0 bridgehead atoms. The van der Waals surface area contributed by atoms with Crippen LogP contribution in [0.5, 0.6) is 0 Å². The molecular weight excluding hydrogens is 300 g/mol. The van der Waals surface area contributed by atoms with E-state index in [-0.39, 0.29) is 24.2 Å². The number of aromatic nitrogens is 4. The van der Waals surface area contributed by atoms with Crippen LogP contribution < -0.4 is 0 Å². The number of amides is 1. The number of carbonyl (C=O) groups excluding carboxylic acids is 1. The highest BCUT2D eigenvalue weighted by Gasteiger charge is 2.30. The molecule has 2 aliphatic rings. The first kappa shape index (κ1) is 16.3. The van der Waals surface area contributed by atoms with Gasteiger partial charge in [-0.05, 0) is 24.3 Å². The number of morpholine rings is 2. The van der Waals surface area contributed by atoms with E-state index in [4.69, 9.17) is 9.47 Å². The molecule has 2 aliphatic heterocycles. The normalized spacial score (nSPS) is 29.7. The van der Waals surface area contributed by atoms with E-state index in [9.17, 15) is 4.79 Å². The fraction of sp³-hybridized carbons (Fsp3) is 0.857. The molecule has 3 atom stereocenters. The van der Waals surface area contributed by atoms with Gasteiger partial charge in [0, 0.05) is 33.2 Å². The second-order valence-electron chi connectivity index (χ2n) is 6.31. The molecule has 9 heteroatoms. The molecule has 23 heavy (non-hydrogen) atoms. The molecule has 128 valence electrons. The van der Waals surface area contributed by atoms with Gasteiger partial charge in [0.05, 0.1) is 25.4 Å². The van der Waals surface area contributed by atoms with Crippen LogP contribution in [0.1, 0.15) is 25.8 Å². The molecule has 3 heterocycles. The lowest BCUT2D eigenvalue weighted by Crippen LogP contribution is -2.52. The summed E-state index contributed by atoms with van der Waals surface area (Å²) in [6.45, 7) is 7.64. The summed E-state index contributed by atoms with van der Waals surface area (Å²) in [5.74, 6) is 0.833. The van der Waals surface area contributed by atoms with E-state index in [2.05, 4.69) is 20.4 Å². The minimum atomic E-state index is -0.195. The maximum absolute atomic E-state index is 12.6. The number of tetrazole rings is 1. The Bertz CT molecular complexity index is 540. The third-order valence-corrected chi connectivity index (χ3v) is 4.22. The monoisotopic (exact) mass is 324 g/mol. The van der Waals surface area contributed by atoms with Crippen molar-refractivity contribution in [2.45, 2.75) is 32.2 Å². The van der Waals surface area contributed by atoms with E-state index in [1.807, 2.05) is 18.7 Å². The molecule has 1 aromatic rings. The van der Waals surface area contributed by atoms with Crippen LogP contribution in [0.4, 0.5) is 0 Å². The van der Waals surface area contributed by atoms with E-state index in [0.717, 1.165) is 6.54 Å². The van der Waals surface area contributed by atoms with Crippen LogP contribution in [0, 0.1) is 0 Å². The Morgan fingerprint density at radius 1 is 1.26 bits per heavy atom. The van der Waals surface area contributed by atoms with Crippen molar-refractivity contribution in [1.82, 2.24) is 30.0 Å². The highest BCUT2D eigenvalue weighted by atomic mass is 16.5. The van der Waals surface area contributed by atoms with E-state index < -0.39 is 0 Å². The SMILES string of the molecule is C[C@@H]1CN(C(=O)CN2CCOC(c3nnnn3C)C2)C[C@H](C)O1. The second-order valence-corrected chi connectivity index (χ2v) is 6.31. The molecule has 0 aliphatic carbocycles. The first-order valence-corrected chi connectivity index (χ1v) is 8.02. The van der Waals surface area contributed by atoms with Crippen LogP contribution in [0.2, 0.25) is 0 Å². The molecule has 1 amide bonds. The van der Waals surface area contributed by atoms with Crippen LogP contribution in [0.15, 0.2) is 0 Å². The topological polar surface area (TPSA) is 85.6 Å². The lowest BCUT2D eigenvalue weighted by Gasteiger charge is -2.37. The molecule has 0 saturated carbocycles. The van der Waals surface area contributed by atoms with Gasteiger partial charge < -0.3 is 14.4 Å². The Morgan fingerprint density at radius 3 is 2.65 bits per heavy atom. The number of rotatable bonds is 3. The van der Waals surface area contributed by atoms with Crippen LogP contribution in [-0.4, -0.2) is 87.5 Å². The summed E-state index contributed by atoms with van der Waals surface area (Å²) in [5, 5.41) is 11.5. The highest BCUT2D eigenvalue weighted by Crippen LogP contribution is 2.19. The van der Waals surface area contributed by atoms with Gasteiger partial charge in [0.25, 0.3) is 0 Å². The molecule has 1 aromatic heterocycles. The van der Waals surface area contributed by atoms with E-state index in [0.29, 0.717) is 38.6 Å². The second kappa shape index (κ2) is 6.90. The molecule has 9 nitrogen and oxygen atoms in total. The predicted octanol–water partition coefficient (Wildman–Crippen LogP) is -0.781. The minimum Gasteiger partial charge on any atom is -0.372 e. The van der Waals surface area contributed by atoms with E-state index in [1.165, 1.54) is 0 Å². The summed E-state index contributed by atoms with van der Waals surface area (Å²) in [7, 11) is 1.79. The van der Waals surface area contributed by atoms with Gasteiger partial charge >= 0.3 is 0 Å². The molecule has 0 spiro atoms. The smallest absolute Gasteiger partial charge is 0.236 e. The van der Waals surface area contributed by atoms with Crippen LogP contribution in [0.3, 0.4) is 0 Å². The fourth-order valence-electron chi connectivity index (χ4n) is 3.18. The van der Waals surface area contributed by atoms with Gasteiger partial charge in [-0.15, -0.1) is 5.10 Å². The first-order valence-electron chi connectivity index (χ1n) is 8.02. The maximum Gasteiger partial charge on any atom is 0.236 e. The predicted molar refractivity (Wildman–Crippen MR) is 80.5 cm³/mol. The summed E-state index contributed by atoms with van der Waals surface area (Å²) in [5.41, 5.74) is 0. The van der Waals surface area contributed by atoms with Gasteiger partial charge in [-0.1, -0.05) is 0 Å². The van der Waals surface area contributed by atoms with Crippen LogP contribution in [-0.2, 0) is 21.3 Å². The lowest BCUT2D eigenvalue weighted by atomic mass is 10.2. The third kappa shape index (κ3) is 3.85. The molecule has 2 fully saturated rings. The summed E-state index contributed by atoms with van der Waals surface area (Å²) in [6, 6.07) is 0. The average molecular weight is 324 g/mol. The number of hydrogen-bond acceptors (Lipinski definition) is 7. The Balaban J connectivity index is 1.57. The van der Waals surface area contributed by atoms with Crippen LogP contribution in [0.25, 0.3) is 0 Å². The first-order chi connectivity index (χ1) is 11.0. The summed E-state index contributed by atoms with van der Waals surface area (Å²) in [4.78, 5) is 16.6. The van der Waals surface area contributed by atoms with E-state index >= 15 is 0 Å². The summed E-state index contributed by atoms with van der Waals surface area (Å²) >= 11 is 0. The van der Waals surface area contributed by atoms with Gasteiger partial charge in [0.1, 0.15) is 6.10 Å². The van der Waals surface area contributed by atoms with Crippen molar-refractivity contribution in [3.05, 3.63) is 5.82 Å². The van der Waals surface area contributed by atoms with Crippen molar-refractivity contribution in [1.29, 1.82) is 0 Å². The van der Waals surface area contributed by atoms with Crippen molar-refractivity contribution in [3.8, 4) is 0 Å². The van der Waals surface area contributed by atoms with Crippen molar-refractivity contribution in [2.75, 3.05) is 39.3 Å². The third-order valence-electron chi connectivity index (χ3n) is 4.22. The largest absolute Gasteiger partial charge is 0.372 e. The lowest BCUT2D eigenvalue weighted by molar-refractivity contribution is -0.146.